The summed E-state index contributed by atoms with van der Waals surface area (Å²) >= 11 is 0. The van der Waals surface area contributed by atoms with Gasteiger partial charge in [-0.2, -0.15) is 0 Å². The van der Waals surface area contributed by atoms with Crippen molar-refractivity contribution in [2.75, 3.05) is 0 Å². The topological polar surface area (TPSA) is 102 Å². The Morgan fingerprint density at radius 2 is 2.00 bits per heavy atom. The Labute approximate surface area is 102 Å². The molecule has 0 aliphatic heterocycles. The van der Waals surface area contributed by atoms with Gasteiger partial charge >= 0.3 is 12.1 Å². The van der Waals surface area contributed by atoms with Crippen molar-refractivity contribution in [2.24, 2.45) is 0 Å². The lowest BCUT2D eigenvalue weighted by Gasteiger charge is -2.11. The Hall–Kier alpha value is -2.50. The van der Waals surface area contributed by atoms with E-state index in [2.05, 4.69) is 4.98 Å². The van der Waals surface area contributed by atoms with Gasteiger partial charge < -0.3 is 20.5 Å². The number of carboxylic acids is 1. The Morgan fingerprint density at radius 3 is 2.67 bits per heavy atom. The molecule has 2 rings (SSSR count). The van der Waals surface area contributed by atoms with E-state index < -0.39 is 18.1 Å². The number of carboxylic acid groups (broad SMARTS) is 2. The zero-order valence-electron chi connectivity index (χ0n) is 9.38. The average molecular weight is 248 g/mol. The minimum Gasteiger partial charge on any atom is -0.480 e. The minimum absolute atomic E-state index is 0.103. The van der Waals surface area contributed by atoms with Crippen LogP contribution in [0.2, 0.25) is 0 Å². The first kappa shape index (κ1) is 12.0. The standard InChI is InChI=1S/C12H12N2O4/c15-11(16)10(14-12(17)18)5-7-6-13-9-4-2-1-3-8(7)9/h1-4,6,10,13-14H,5H2,(H,15,16)(H,17,18)/t10-/m0/s1. The lowest BCUT2D eigenvalue weighted by Crippen LogP contribution is -2.41. The summed E-state index contributed by atoms with van der Waals surface area (Å²) in [5.41, 5.74) is 1.67. The molecule has 0 unspecified atom stereocenters. The molecule has 0 fully saturated rings. The highest BCUT2D eigenvalue weighted by Crippen LogP contribution is 2.19. The highest BCUT2D eigenvalue weighted by Gasteiger charge is 2.21. The van der Waals surface area contributed by atoms with Gasteiger partial charge in [-0.05, 0) is 11.6 Å². The van der Waals surface area contributed by atoms with Crippen LogP contribution in [-0.4, -0.2) is 33.3 Å². The predicted octanol–water partition coefficient (Wildman–Crippen LogP) is 1.43. The average Bonchev–Trinajstić information content (AvgIpc) is 2.71. The Bertz CT molecular complexity index is 591. The predicted molar refractivity (Wildman–Crippen MR) is 64.6 cm³/mol. The second-order valence-corrected chi connectivity index (χ2v) is 3.90. The summed E-state index contributed by atoms with van der Waals surface area (Å²) in [6, 6.07) is 6.30. The summed E-state index contributed by atoms with van der Waals surface area (Å²) in [5.74, 6) is -1.19. The molecule has 1 atom stereocenters. The van der Waals surface area contributed by atoms with Crippen LogP contribution in [0.5, 0.6) is 0 Å². The molecule has 6 heteroatoms. The summed E-state index contributed by atoms with van der Waals surface area (Å²) < 4.78 is 0. The molecule has 18 heavy (non-hydrogen) atoms. The summed E-state index contributed by atoms with van der Waals surface area (Å²) in [6.45, 7) is 0. The van der Waals surface area contributed by atoms with Gasteiger partial charge in [0.15, 0.2) is 0 Å². The third kappa shape index (κ3) is 2.42. The minimum atomic E-state index is -1.35. The molecular formula is C12H12N2O4. The first-order valence-corrected chi connectivity index (χ1v) is 5.35. The number of nitrogens with one attached hydrogen (secondary N) is 2. The van der Waals surface area contributed by atoms with Gasteiger partial charge in [-0.3, -0.25) is 0 Å². The summed E-state index contributed by atoms with van der Waals surface area (Å²) in [7, 11) is 0. The van der Waals surface area contributed by atoms with Crippen LogP contribution in [0.4, 0.5) is 4.79 Å². The SMILES string of the molecule is O=C(O)N[C@@H](Cc1c[nH]c2ccccc12)C(=O)O. The van der Waals surface area contributed by atoms with Crippen molar-refractivity contribution in [2.45, 2.75) is 12.5 Å². The van der Waals surface area contributed by atoms with E-state index in [1.54, 1.807) is 6.20 Å². The van der Waals surface area contributed by atoms with Crippen LogP contribution in [0, 0.1) is 0 Å². The van der Waals surface area contributed by atoms with E-state index in [1.807, 2.05) is 29.6 Å². The van der Waals surface area contributed by atoms with E-state index >= 15 is 0 Å². The fraction of sp³-hybridized carbons (Fsp3) is 0.167. The normalized spacial score (nSPS) is 12.2. The van der Waals surface area contributed by atoms with Crippen LogP contribution >= 0.6 is 0 Å². The van der Waals surface area contributed by atoms with E-state index in [1.165, 1.54) is 0 Å². The molecule has 0 saturated heterocycles. The molecular weight excluding hydrogens is 236 g/mol. The van der Waals surface area contributed by atoms with E-state index in [9.17, 15) is 9.59 Å². The summed E-state index contributed by atoms with van der Waals surface area (Å²) in [4.78, 5) is 24.5. The molecule has 1 aromatic heterocycles. The fourth-order valence-corrected chi connectivity index (χ4v) is 1.87. The monoisotopic (exact) mass is 248 g/mol. The molecule has 1 heterocycles. The molecule has 0 saturated carbocycles. The molecule has 0 spiro atoms. The number of para-hydroxylation sites is 1. The lowest BCUT2D eigenvalue weighted by atomic mass is 10.1. The van der Waals surface area contributed by atoms with Crippen LogP contribution < -0.4 is 5.32 Å². The van der Waals surface area contributed by atoms with Gasteiger partial charge in [0.05, 0.1) is 0 Å². The number of fused-ring (bicyclic) bond motifs is 1. The molecule has 6 nitrogen and oxygen atoms in total. The maximum atomic E-state index is 11.0. The van der Waals surface area contributed by atoms with Gasteiger partial charge in [0.1, 0.15) is 6.04 Å². The number of H-pyrrole nitrogens is 1. The van der Waals surface area contributed by atoms with Gasteiger partial charge in [-0.15, -0.1) is 0 Å². The van der Waals surface area contributed by atoms with Gasteiger partial charge in [-0.1, -0.05) is 18.2 Å². The van der Waals surface area contributed by atoms with Gasteiger partial charge in [0.2, 0.25) is 0 Å². The van der Waals surface area contributed by atoms with Crippen molar-refractivity contribution in [1.29, 1.82) is 0 Å². The third-order valence-corrected chi connectivity index (χ3v) is 2.69. The van der Waals surface area contributed by atoms with Crippen molar-refractivity contribution in [3.8, 4) is 0 Å². The lowest BCUT2D eigenvalue weighted by molar-refractivity contribution is -0.139. The quantitative estimate of drug-likeness (QED) is 0.657. The van der Waals surface area contributed by atoms with E-state index in [4.69, 9.17) is 10.2 Å². The number of rotatable bonds is 4. The molecule has 2 aromatic rings. The maximum absolute atomic E-state index is 11.0. The number of hydrogen-bond acceptors (Lipinski definition) is 2. The number of hydrogen-bond donors (Lipinski definition) is 4. The molecule has 1 aromatic carbocycles. The molecule has 1 amide bonds. The number of amides is 1. The first-order valence-electron chi connectivity index (χ1n) is 5.35. The Morgan fingerprint density at radius 1 is 1.28 bits per heavy atom. The zero-order valence-corrected chi connectivity index (χ0v) is 9.38. The zero-order chi connectivity index (χ0) is 13.1. The van der Waals surface area contributed by atoms with Gasteiger partial charge in [0, 0.05) is 23.5 Å². The highest BCUT2D eigenvalue weighted by molar-refractivity contribution is 5.85. The second kappa shape index (κ2) is 4.79. The van der Waals surface area contributed by atoms with Crippen molar-refractivity contribution >= 4 is 23.0 Å². The largest absolute Gasteiger partial charge is 0.480 e. The Kier molecular flexibility index (Phi) is 3.18. The number of aromatic nitrogens is 1. The van der Waals surface area contributed by atoms with E-state index in [0.717, 1.165) is 16.5 Å². The smallest absolute Gasteiger partial charge is 0.405 e. The summed E-state index contributed by atoms with van der Waals surface area (Å²) in [5, 5.41) is 20.4. The van der Waals surface area contributed by atoms with E-state index in [0.29, 0.717) is 0 Å². The Balaban J connectivity index is 2.26. The van der Waals surface area contributed by atoms with Crippen molar-refractivity contribution in [3.63, 3.8) is 0 Å². The third-order valence-electron chi connectivity index (χ3n) is 2.69. The molecule has 0 aliphatic rings. The second-order valence-electron chi connectivity index (χ2n) is 3.90. The molecule has 0 aliphatic carbocycles. The first-order chi connectivity index (χ1) is 8.58. The maximum Gasteiger partial charge on any atom is 0.405 e. The highest BCUT2D eigenvalue weighted by atomic mass is 16.4. The van der Waals surface area contributed by atoms with Crippen molar-refractivity contribution in [1.82, 2.24) is 10.3 Å². The van der Waals surface area contributed by atoms with Gasteiger partial charge in [-0.25, -0.2) is 9.59 Å². The number of aromatic amines is 1. The number of aliphatic carboxylic acids is 1. The van der Waals surface area contributed by atoms with Crippen LogP contribution in [0.25, 0.3) is 10.9 Å². The van der Waals surface area contributed by atoms with Crippen LogP contribution in [0.3, 0.4) is 0 Å². The van der Waals surface area contributed by atoms with Gasteiger partial charge in [0.25, 0.3) is 0 Å². The van der Waals surface area contributed by atoms with Crippen LogP contribution in [-0.2, 0) is 11.2 Å². The van der Waals surface area contributed by atoms with Crippen molar-refractivity contribution < 1.29 is 19.8 Å². The van der Waals surface area contributed by atoms with Crippen LogP contribution in [0.15, 0.2) is 30.5 Å². The van der Waals surface area contributed by atoms with Crippen molar-refractivity contribution in [3.05, 3.63) is 36.0 Å². The van der Waals surface area contributed by atoms with Crippen LogP contribution in [0.1, 0.15) is 5.56 Å². The van der Waals surface area contributed by atoms with E-state index in [-0.39, 0.29) is 6.42 Å². The molecule has 4 N–H and O–H groups in total. The number of benzene rings is 1. The molecule has 94 valence electrons. The fourth-order valence-electron chi connectivity index (χ4n) is 1.87. The number of carbonyl (C=O) groups is 2. The molecule has 0 bridgehead atoms. The molecule has 0 radical (unpaired) electrons. The summed E-state index contributed by atoms with van der Waals surface area (Å²) in [6.07, 6.45) is 0.456.